The zero-order chi connectivity index (χ0) is 16.1. The number of piperazine rings is 1. The Balaban J connectivity index is 2.12. The molecule has 1 aromatic carbocycles. The second-order valence-electron chi connectivity index (χ2n) is 5.82. The molecule has 1 aliphatic rings. The van der Waals surface area contributed by atoms with Crippen LogP contribution in [0.25, 0.3) is 0 Å². The van der Waals surface area contributed by atoms with E-state index >= 15 is 0 Å². The lowest BCUT2D eigenvalue weighted by Crippen LogP contribution is -2.53. The molecule has 1 aliphatic heterocycles. The molecule has 1 heterocycles. The van der Waals surface area contributed by atoms with Crippen molar-refractivity contribution in [3.05, 3.63) is 35.4 Å². The van der Waals surface area contributed by atoms with Gasteiger partial charge in [0, 0.05) is 25.7 Å². The van der Waals surface area contributed by atoms with Gasteiger partial charge in [-0.2, -0.15) is 0 Å². The standard InChI is InChI=1S/C16H24N4O2/c1-11-4-3-5-13(8-11)14(19-16(17)22)9-15(21)20-7-6-18-10-12(20)2/h3-5,8,12,14,18H,6-7,9-10H2,1-2H3,(H3,17,19,22)/t12-,14?/m0/s1. The van der Waals surface area contributed by atoms with Crippen molar-refractivity contribution < 1.29 is 9.59 Å². The minimum atomic E-state index is -0.618. The van der Waals surface area contributed by atoms with Crippen LogP contribution in [0.15, 0.2) is 24.3 Å². The van der Waals surface area contributed by atoms with Crippen LogP contribution in [0.3, 0.4) is 0 Å². The molecule has 4 N–H and O–H groups in total. The third kappa shape index (κ3) is 4.21. The van der Waals surface area contributed by atoms with E-state index in [1.807, 2.05) is 43.0 Å². The Hall–Kier alpha value is -2.08. The number of carbonyl (C=O) groups excluding carboxylic acids is 2. The molecule has 1 saturated heterocycles. The van der Waals surface area contributed by atoms with Crippen molar-refractivity contribution in [2.24, 2.45) is 5.73 Å². The number of nitrogens with zero attached hydrogens (tertiary/aromatic N) is 1. The minimum Gasteiger partial charge on any atom is -0.352 e. The molecule has 3 amide bonds. The molecule has 1 aromatic rings. The van der Waals surface area contributed by atoms with E-state index in [9.17, 15) is 9.59 Å². The van der Waals surface area contributed by atoms with E-state index in [1.54, 1.807) is 0 Å². The number of rotatable bonds is 4. The van der Waals surface area contributed by atoms with Gasteiger partial charge in [-0.3, -0.25) is 4.79 Å². The van der Waals surface area contributed by atoms with Gasteiger partial charge in [-0.1, -0.05) is 29.8 Å². The number of nitrogens with one attached hydrogen (secondary N) is 2. The summed E-state index contributed by atoms with van der Waals surface area (Å²) >= 11 is 0. The van der Waals surface area contributed by atoms with Gasteiger partial charge in [-0.25, -0.2) is 4.79 Å². The quantitative estimate of drug-likeness (QED) is 0.773. The summed E-state index contributed by atoms with van der Waals surface area (Å²) in [5.74, 6) is 0.0363. The van der Waals surface area contributed by atoms with Crippen LogP contribution in [-0.4, -0.2) is 42.5 Å². The molecule has 6 nitrogen and oxygen atoms in total. The van der Waals surface area contributed by atoms with Gasteiger partial charge in [0.15, 0.2) is 0 Å². The van der Waals surface area contributed by atoms with Crippen LogP contribution in [0.1, 0.15) is 30.5 Å². The van der Waals surface area contributed by atoms with Gasteiger partial charge >= 0.3 is 6.03 Å². The Labute approximate surface area is 131 Å². The predicted octanol–water partition coefficient (Wildman–Crippen LogP) is 0.915. The van der Waals surface area contributed by atoms with Crippen molar-refractivity contribution in [2.75, 3.05) is 19.6 Å². The lowest BCUT2D eigenvalue weighted by atomic mass is 10.0. The van der Waals surface area contributed by atoms with E-state index in [4.69, 9.17) is 5.73 Å². The number of primary amides is 1. The molecule has 2 atom stereocenters. The number of nitrogens with two attached hydrogens (primary N) is 1. The summed E-state index contributed by atoms with van der Waals surface area (Å²) in [6, 6.07) is 6.91. The van der Waals surface area contributed by atoms with E-state index in [2.05, 4.69) is 10.6 Å². The zero-order valence-corrected chi connectivity index (χ0v) is 13.1. The van der Waals surface area contributed by atoms with Crippen molar-refractivity contribution in [1.82, 2.24) is 15.5 Å². The fraction of sp³-hybridized carbons (Fsp3) is 0.500. The van der Waals surface area contributed by atoms with Crippen LogP contribution in [0.5, 0.6) is 0 Å². The number of urea groups is 1. The average Bonchev–Trinajstić information content (AvgIpc) is 2.46. The Morgan fingerprint density at radius 1 is 1.50 bits per heavy atom. The molecule has 0 aromatic heterocycles. The first-order valence-electron chi connectivity index (χ1n) is 7.60. The number of benzene rings is 1. The zero-order valence-electron chi connectivity index (χ0n) is 13.1. The summed E-state index contributed by atoms with van der Waals surface area (Å²) < 4.78 is 0. The predicted molar refractivity (Wildman–Crippen MR) is 85.3 cm³/mol. The van der Waals surface area contributed by atoms with Crippen molar-refractivity contribution in [1.29, 1.82) is 0 Å². The Morgan fingerprint density at radius 3 is 2.91 bits per heavy atom. The van der Waals surface area contributed by atoms with Crippen LogP contribution in [0.2, 0.25) is 0 Å². The average molecular weight is 304 g/mol. The first-order valence-corrected chi connectivity index (χ1v) is 7.60. The normalized spacial score (nSPS) is 19.5. The lowest BCUT2D eigenvalue weighted by Gasteiger charge is -2.35. The molecule has 6 heteroatoms. The summed E-state index contributed by atoms with van der Waals surface area (Å²) in [6.07, 6.45) is 0.219. The molecular weight excluding hydrogens is 280 g/mol. The molecule has 0 spiro atoms. The number of carbonyl (C=O) groups is 2. The number of hydrogen-bond acceptors (Lipinski definition) is 3. The lowest BCUT2D eigenvalue weighted by molar-refractivity contribution is -0.134. The van der Waals surface area contributed by atoms with Crippen LogP contribution in [-0.2, 0) is 4.79 Å². The second kappa shape index (κ2) is 7.26. The van der Waals surface area contributed by atoms with E-state index in [-0.39, 0.29) is 18.4 Å². The molecule has 0 aliphatic carbocycles. The Bertz CT molecular complexity index is 547. The first-order chi connectivity index (χ1) is 10.5. The van der Waals surface area contributed by atoms with E-state index in [0.29, 0.717) is 6.54 Å². The topological polar surface area (TPSA) is 87.5 Å². The maximum Gasteiger partial charge on any atom is 0.312 e. The van der Waals surface area contributed by atoms with Crippen LogP contribution in [0.4, 0.5) is 4.79 Å². The third-order valence-corrected chi connectivity index (χ3v) is 3.96. The van der Waals surface area contributed by atoms with Gasteiger partial charge in [0.05, 0.1) is 12.5 Å². The third-order valence-electron chi connectivity index (χ3n) is 3.96. The van der Waals surface area contributed by atoms with Crippen molar-refractivity contribution in [3.8, 4) is 0 Å². The van der Waals surface area contributed by atoms with Gasteiger partial charge in [0.25, 0.3) is 0 Å². The maximum atomic E-state index is 12.6. The smallest absolute Gasteiger partial charge is 0.312 e. The van der Waals surface area contributed by atoms with Crippen LogP contribution < -0.4 is 16.4 Å². The SMILES string of the molecule is Cc1cccc(C(CC(=O)N2CCNC[C@@H]2C)NC(N)=O)c1. The Kier molecular flexibility index (Phi) is 5.38. The fourth-order valence-electron chi connectivity index (χ4n) is 2.81. The summed E-state index contributed by atoms with van der Waals surface area (Å²) in [5.41, 5.74) is 7.24. The summed E-state index contributed by atoms with van der Waals surface area (Å²) in [5, 5.41) is 5.94. The van der Waals surface area contributed by atoms with Crippen LogP contribution in [0, 0.1) is 6.92 Å². The van der Waals surface area contributed by atoms with E-state index < -0.39 is 12.1 Å². The molecule has 0 radical (unpaired) electrons. The number of hydrogen-bond donors (Lipinski definition) is 3. The van der Waals surface area contributed by atoms with E-state index in [0.717, 1.165) is 24.2 Å². The highest BCUT2D eigenvalue weighted by Gasteiger charge is 2.26. The molecular formula is C16H24N4O2. The number of amides is 3. The summed E-state index contributed by atoms with van der Waals surface area (Å²) in [4.78, 5) is 25.7. The van der Waals surface area contributed by atoms with Crippen LogP contribution >= 0.6 is 0 Å². The highest BCUT2D eigenvalue weighted by molar-refractivity contribution is 5.79. The van der Waals surface area contributed by atoms with Crippen molar-refractivity contribution in [3.63, 3.8) is 0 Å². The van der Waals surface area contributed by atoms with E-state index in [1.165, 1.54) is 0 Å². The van der Waals surface area contributed by atoms with Gasteiger partial charge in [0.2, 0.25) is 5.91 Å². The summed E-state index contributed by atoms with van der Waals surface area (Å²) in [7, 11) is 0. The molecule has 22 heavy (non-hydrogen) atoms. The Morgan fingerprint density at radius 2 is 2.27 bits per heavy atom. The largest absolute Gasteiger partial charge is 0.352 e. The molecule has 2 rings (SSSR count). The molecule has 120 valence electrons. The van der Waals surface area contributed by atoms with Crippen molar-refractivity contribution in [2.45, 2.75) is 32.4 Å². The second-order valence-corrected chi connectivity index (χ2v) is 5.82. The van der Waals surface area contributed by atoms with Gasteiger partial charge in [-0.15, -0.1) is 0 Å². The minimum absolute atomic E-state index is 0.0363. The van der Waals surface area contributed by atoms with Gasteiger partial charge in [-0.05, 0) is 19.4 Å². The fourth-order valence-corrected chi connectivity index (χ4v) is 2.81. The number of aryl methyl sites for hydroxylation is 1. The molecule has 0 saturated carbocycles. The monoisotopic (exact) mass is 304 g/mol. The molecule has 1 unspecified atom stereocenters. The highest BCUT2D eigenvalue weighted by Crippen LogP contribution is 2.20. The molecule has 0 bridgehead atoms. The summed E-state index contributed by atoms with van der Waals surface area (Å²) in [6.45, 7) is 6.29. The highest BCUT2D eigenvalue weighted by atomic mass is 16.2. The maximum absolute atomic E-state index is 12.6. The first kappa shape index (κ1) is 16.3. The van der Waals surface area contributed by atoms with Gasteiger partial charge in [0.1, 0.15) is 0 Å². The van der Waals surface area contributed by atoms with Gasteiger partial charge < -0.3 is 21.3 Å². The van der Waals surface area contributed by atoms with Crippen molar-refractivity contribution >= 4 is 11.9 Å². The molecule has 1 fully saturated rings.